The summed E-state index contributed by atoms with van der Waals surface area (Å²) in [4.78, 5) is 45.1. The summed E-state index contributed by atoms with van der Waals surface area (Å²) in [6, 6.07) is 9.95. The molecule has 1 aliphatic rings. The number of fused-ring (bicyclic) bond motifs is 1. The molecule has 4 rings (SSSR count). The highest BCUT2D eigenvalue weighted by atomic mass is 32.2. The number of nitrogens with zero attached hydrogens (tertiary/aromatic N) is 2. The average molecular weight is 630 g/mol. The van der Waals surface area contributed by atoms with Crippen molar-refractivity contribution in [3.05, 3.63) is 47.1 Å². The Labute approximate surface area is 255 Å². The molecule has 0 atom stereocenters. The molecule has 0 unspecified atom stereocenters. The van der Waals surface area contributed by atoms with Crippen molar-refractivity contribution in [3.8, 4) is 10.4 Å². The molecule has 2 aromatic carbocycles. The maximum Gasteiger partial charge on any atom is 0.280 e. The van der Waals surface area contributed by atoms with Gasteiger partial charge in [-0.05, 0) is 57.9 Å². The van der Waals surface area contributed by atoms with E-state index in [4.69, 9.17) is 5.73 Å². The molecule has 1 aromatic heterocycles. The molecule has 0 saturated carbocycles. The molecule has 43 heavy (non-hydrogen) atoms. The smallest absolute Gasteiger partial charge is 0.280 e. The molecule has 0 radical (unpaired) electrons. The lowest BCUT2D eigenvalue weighted by Gasteiger charge is -2.30. The summed E-state index contributed by atoms with van der Waals surface area (Å²) in [5.41, 5.74) is 3.73. The standard InChI is InChI=1S/C30H39N5O6S2/c1-18-12-14-35(15-13-18)28(38)24-25(42-27(33-24)26(37)32-17-30(4,5)39)21-10-11-22(20-9-7-6-8-19(20)21)43(40,41)34-29(2,3)16-23(31)36/h6-11,18,34,39H,12-17H2,1-5H3,(H2,31,36)(H,32,37). The molecular formula is C30H39N5O6S2. The lowest BCUT2D eigenvalue weighted by Crippen LogP contribution is -2.45. The summed E-state index contributed by atoms with van der Waals surface area (Å²) in [6.07, 6.45) is 1.53. The molecule has 11 nitrogen and oxygen atoms in total. The van der Waals surface area contributed by atoms with Crippen LogP contribution in [0.25, 0.3) is 21.2 Å². The number of carbonyl (C=O) groups excluding carboxylic acids is 3. The van der Waals surface area contributed by atoms with Crippen LogP contribution >= 0.6 is 11.3 Å². The number of hydrogen-bond acceptors (Lipinski definition) is 8. The summed E-state index contributed by atoms with van der Waals surface area (Å²) in [6.45, 7) is 9.57. The first-order chi connectivity index (χ1) is 20.0. The minimum atomic E-state index is -4.10. The van der Waals surface area contributed by atoms with E-state index in [0.717, 1.165) is 24.2 Å². The first-order valence-corrected chi connectivity index (χ1v) is 16.4. The minimum Gasteiger partial charge on any atom is -0.389 e. The predicted molar refractivity (Wildman–Crippen MR) is 166 cm³/mol. The Balaban J connectivity index is 1.83. The van der Waals surface area contributed by atoms with Crippen molar-refractivity contribution in [2.45, 2.75) is 69.9 Å². The first-order valence-electron chi connectivity index (χ1n) is 14.1. The fourth-order valence-electron chi connectivity index (χ4n) is 5.07. The number of likely N-dealkylation sites (tertiary alicyclic amines) is 1. The van der Waals surface area contributed by atoms with Gasteiger partial charge in [0.15, 0.2) is 5.01 Å². The molecule has 5 N–H and O–H groups in total. The van der Waals surface area contributed by atoms with Gasteiger partial charge in [-0.3, -0.25) is 14.4 Å². The molecule has 0 bridgehead atoms. The number of hydrogen-bond donors (Lipinski definition) is 4. The maximum absolute atomic E-state index is 13.8. The van der Waals surface area contributed by atoms with E-state index in [2.05, 4.69) is 21.9 Å². The number of nitrogens with one attached hydrogen (secondary N) is 2. The van der Waals surface area contributed by atoms with Gasteiger partial charge >= 0.3 is 0 Å². The van der Waals surface area contributed by atoms with Crippen molar-refractivity contribution in [1.82, 2.24) is 19.9 Å². The SMILES string of the molecule is CC1CCN(C(=O)c2nc(C(=O)NCC(C)(C)O)sc2-c2ccc(S(=O)(=O)NC(C)(C)CC(N)=O)c3ccccc23)CC1. The number of nitrogens with two attached hydrogens (primary N) is 1. The third kappa shape index (κ3) is 7.77. The lowest BCUT2D eigenvalue weighted by molar-refractivity contribution is -0.119. The Morgan fingerprint density at radius 1 is 1.07 bits per heavy atom. The van der Waals surface area contributed by atoms with Crippen molar-refractivity contribution >= 4 is 49.9 Å². The normalized spacial score (nSPS) is 15.1. The van der Waals surface area contributed by atoms with Gasteiger partial charge in [0.25, 0.3) is 11.8 Å². The van der Waals surface area contributed by atoms with Crippen LogP contribution in [0.3, 0.4) is 0 Å². The van der Waals surface area contributed by atoms with Crippen LogP contribution in [0.5, 0.6) is 0 Å². The molecule has 1 saturated heterocycles. The summed E-state index contributed by atoms with van der Waals surface area (Å²) in [7, 11) is -4.10. The van der Waals surface area contributed by atoms with Crippen molar-refractivity contribution in [3.63, 3.8) is 0 Å². The van der Waals surface area contributed by atoms with E-state index in [9.17, 15) is 27.9 Å². The highest BCUT2D eigenvalue weighted by molar-refractivity contribution is 7.89. The third-order valence-corrected chi connectivity index (χ3v) is 10.1. The van der Waals surface area contributed by atoms with E-state index in [1.165, 1.54) is 6.07 Å². The second kappa shape index (κ2) is 12.3. The highest BCUT2D eigenvalue weighted by Gasteiger charge is 2.32. The summed E-state index contributed by atoms with van der Waals surface area (Å²) in [5.74, 6) is -0.956. The first kappa shape index (κ1) is 32.5. The topological polar surface area (TPSA) is 172 Å². The number of piperidine rings is 1. The van der Waals surface area contributed by atoms with Crippen LogP contribution in [0.15, 0.2) is 41.3 Å². The van der Waals surface area contributed by atoms with Gasteiger partial charge in [0.05, 0.1) is 15.4 Å². The van der Waals surface area contributed by atoms with Crippen LogP contribution in [0.1, 0.15) is 74.2 Å². The second-order valence-electron chi connectivity index (χ2n) is 12.5. The maximum atomic E-state index is 13.8. The number of rotatable bonds is 10. The average Bonchev–Trinajstić information content (AvgIpc) is 3.34. The molecule has 0 spiro atoms. The van der Waals surface area contributed by atoms with Crippen molar-refractivity contribution in [2.24, 2.45) is 11.7 Å². The molecule has 1 fully saturated rings. The molecular weight excluding hydrogens is 590 g/mol. The van der Waals surface area contributed by atoms with Crippen LogP contribution in [0.2, 0.25) is 0 Å². The Bertz CT molecular complexity index is 1650. The fourth-order valence-corrected chi connectivity index (χ4v) is 7.71. The van der Waals surface area contributed by atoms with Gasteiger partial charge in [-0.15, -0.1) is 11.3 Å². The van der Waals surface area contributed by atoms with Crippen LogP contribution in [-0.2, 0) is 14.8 Å². The van der Waals surface area contributed by atoms with E-state index in [0.29, 0.717) is 40.2 Å². The van der Waals surface area contributed by atoms with Crippen LogP contribution in [0.4, 0.5) is 0 Å². The molecule has 2 heterocycles. The summed E-state index contributed by atoms with van der Waals surface area (Å²) >= 11 is 1.04. The zero-order chi connectivity index (χ0) is 31.7. The Hall–Kier alpha value is -3.39. The number of aliphatic hydroxyl groups is 1. The van der Waals surface area contributed by atoms with E-state index in [1.807, 2.05) is 0 Å². The van der Waals surface area contributed by atoms with Gasteiger partial charge < -0.3 is 21.1 Å². The number of sulfonamides is 1. The van der Waals surface area contributed by atoms with Crippen LogP contribution in [0, 0.1) is 5.92 Å². The second-order valence-corrected chi connectivity index (χ2v) is 15.1. The molecule has 0 aliphatic carbocycles. The number of primary amides is 1. The Morgan fingerprint density at radius 3 is 2.30 bits per heavy atom. The Morgan fingerprint density at radius 2 is 1.70 bits per heavy atom. The predicted octanol–water partition coefficient (Wildman–Crippen LogP) is 3.27. The van der Waals surface area contributed by atoms with E-state index < -0.39 is 33.0 Å². The third-order valence-electron chi connectivity index (χ3n) is 7.22. The largest absolute Gasteiger partial charge is 0.389 e. The van der Waals surface area contributed by atoms with Gasteiger partial charge in [0, 0.05) is 42.5 Å². The minimum absolute atomic E-state index is 0.00468. The van der Waals surface area contributed by atoms with Gasteiger partial charge in [-0.2, -0.15) is 0 Å². The van der Waals surface area contributed by atoms with Crippen LogP contribution in [-0.4, -0.2) is 71.9 Å². The van der Waals surface area contributed by atoms with Gasteiger partial charge in [0.2, 0.25) is 15.9 Å². The van der Waals surface area contributed by atoms with Crippen molar-refractivity contribution < 1.29 is 27.9 Å². The van der Waals surface area contributed by atoms with Crippen LogP contribution < -0.4 is 15.8 Å². The number of benzene rings is 2. The lowest BCUT2D eigenvalue weighted by atomic mass is 9.98. The number of thiazole rings is 1. The molecule has 3 amide bonds. The number of carbonyl (C=O) groups is 3. The van der Waals surface area contributed by atoms with E-state index >= 15 is 0 Å². The monoisotopic (exact) mass is 629 g/mol. The molecule has 13 heteroatoms. The molecule has 232 valence electrons. The highest BCUT2D eigenvalue weighted by Crippen LogP contribution is 2.39. The number of aromatic nitrogens is 1. The zero-order valence-electron chi connectivity index (χ0n) is 25.1. The summed E-state index contributed by atoms with van der Waals surface area (Å²) < 4.78 is 29.7. The summed E-state index contributed by atoms with van der Waals surface area (Å²) in [5, 5.41) is 13.8. The number of amides is 3. The Kier molecular flexibility index (Phi) is 9.31. The van der Waals surface area contributed by atoms with E-state index in [-0.39, 0.29) is 34.5 Å². The van der Waals surface area contributed by atoms with Gasteiger partial charge in [0.1, 0.15) is 5.69 Å². The van der Waals surface area contributed by atoms with Gasteiger partial charge in [-0.25, -0.2) is 18.1 Å². The fraction of sp³-hybridized carbons (Fsp3) is 0.467. The zero-order valence-corrected chi connectivity index (χ0v) is 26.7. The van der Waals surface area contributed by atoms with Gasteiger partial charge in [-0.1, -0.05) is 37.3 Å². The van der Waals surface area contributed by atoms with Crippen molar-refractivity contribution in [2.75, 3.05) is 19.6 Å². The van der Waals surface area contributed by atoms with Crippen molar-refractivity contribution in [1.29, 1.82) is 0 Å². The molecule has 1 aliphatic heterocycles. The van der Waals surface area contributed by atoms with E-state index in [1.54, 1.807) is 62.9 Å². The quantitative estimate of drug-likeness (QED) is 0.266. The molecule has 3 aromatic rings.